The molecule has 0 bridgehead atoms. The number of halogens is 2. The Morgan fingerprint density at radius 2 is 1.92 bits per heavy atom. The van der Waals surface area contributed by atoms with Crippen LogP contribution in [0.15, 0.2) is 59.1 Å². The van der Waals surface area contributed by atoms with Crippen molar-refractivity contribution in [1.82, 2.24) is 4.90 Å². The largest absolute Gasteiger partial charge is 0.326 e. The van der Waals surface area contributed by atoms with Crippen molar-refractivity contribution < 1.29 is 4.79 Å². The van der Waals surface area contributed by atoms with Crippen LogP contribution in [-0.2, 0) is 4.79 Å². The van der Waals surface area contributed by atoms with Crippen molar-refractivity contribution in [3.63, 3.8) is 0 Å². The van der Waals surface area contributed by atoms with Gasteiger partial charge in [0.2, 0.25) is 5.91 Å². The SMILES string of the molecule is CC(C(=O)Nc1cccc(Br)c1)N1C[C@@H](N)[C@H](c2ccccc2)C1.Cl. The van der Waals surface area contributed by atoms with E-state index < -0.39 is 0 Å². The molecule has 3 rings (SSSR count). The predicted molar refractivity (Wildman–Crippen MR) is 108 cm³/mol. The number of hydrogen-bond donors (Lipinski definition) is 2. The summed E-state index contributed by atoms with van der Waals surface area (Å²) < 4.78 is 0.945. The van der Waals surface area contributed by atoms with Crippen LogP contribution in [0.25, 0.3) is 0 Å². The third kappa shape index (κ3) is 4.82. The number of hydrogen-bond acceptors (Lipinski definition) is 3. The minimum atomic E-state index is -0.219. The van der Waals surface area contributed by atoms with E-state index in [1.807, 2.05) is 49.4 Å². The topological polar surface area (TPSA) is 58.4 Å². The van der Waals surface area contributed by atoms with Crippen LogP contribution < -0.4 is 11.1 Å². The summed E-state index contributed by atoms with van der Waals surface area (Å²) >= 11 is 3.42. The van der Waals surface area contributed by atoms with Crippen LogP contribution in [0, 0.1) is 0 Å². The number of nitrogens with one attached hydrogen (secondary N) is 1. The lowest BCUT2D eigenvalue weighted by atomic mass is 9.95. The van der Waals surface area contributed by atoms with Gasteiger partial charge in [-0.25, -0.2) is 0 Å². The zero-order valence-corrected chi connectivity index (χ0v) is 16.5. The minimum Gasteiger partial charge on any atom is -0.326 e. The van der Waals surface area contributed by atoms with Gasteiger partial charge in [0.15, 0.2) is 0 Å². The molecule has 0 aromatic heterocycles. The Bertz CT molecular complexity index is 713. The Morgan fingerprint density at radius 1 is 1.20 bits per heavy atom. The van der Waals surface area contributed by atoms with E-state index in [9.17, 15) is 4.79 Å². The van der Waals surface area contributed by atoms with Crippen LogP contribution in [0.2, 0.25) is 0 Å². The zero-order chi connectivity index (χ0) is 17.1. The molecule has 3 atom stereocenters. The first-order valence-electron chi connectivity index (χ1n) is 8.15. The highest BCUT2D eigenvalue weighted by Crippen LogP contribution is 2.28. The second-order valence-corrected chi connectivity index (χ2v) is 7.23. The van der Waals surface area contributed by atoms with Crippen molar-refractivity contribution in [3.8, 4) is 0 Å². The monoisotopic (exact) mass is 423 g/mol. The molecule has 2 aromatic rings. The number of anilines is 1. The Hall–Kier alpha value is -1.40. The van der Waals surface area contributed by atoms with E-state index in [0.717, 1.165) is 23.2 Å². The molecule has 1 heterocycles. The molecule has 1 saturated heterocycles. The van der Waals surface area contributed by atoms with Gasteiger partial charge < -0.3 is 11.1 Å². The van der Waals surface area contributed by atoms with Crippen molar-refractivity contribution in [2.45, 2.75) is 24.9 Å². The van der Waals surface area contributed by atoms with Crippen molar-refractivity contribution in [3.05, 3.63) is 64.6 Å². The lowest BCUT2D eigenvalue weighted by Gasteiger charge is -2.23. The fourth-order valence-electron chi connectivity index (χ4n) is 3.21. The maximum atomic E-state index is 12.6. The molecule has 0 saturated carbocycles. The van der Waals surface area contributed by atoms with E-state index in [4.69, 9.17) is 5.73 Å². The number of likely N-dealkylation sites (tertiary alicyclic amines) is 1. The second kappa shape index (κ2) is 8.81. The summed E-state index contributed by atoms with van der Waals surface area (Å²) in [6.07, 6.45) is 0. The van der Waals surface area contributed by atoms with Crippen LogP contribution >= 0.6 is 28.3 Å². The molecule has 0 spiro atoms. The molecular weight excluding hydrogens is 402 g/mol. The summed E-state index contributed by atoms with van der Waals surface area (Å²) in [6, 6.07) is 17.8. The Balaban J connectivity index is 0.00000225. The molecule has 1 aliphatic heterocycles. The van der Waals surface area contributed by atoms with E-state index in [2.05, 4.69) is 38.3 Å². The van der Waals surface area contributed by atoms with E-state index in [0.29, 0.717) is 0 Å². The van der Waals surface area contributed by atoms with Gasteiger partial charge in [-0.15, -0.1) is 12.4 Å². The number of nitrogens with zero attached hydrogens (tertiary/aromatic N) is 1. The van der Waals surface area contributed by atoms with Gasteiger partial charge in [0.1, 0.15) is 0 Å². The summed E-state index contributed by atoms with van der Waals surface area (Å²) in [5, 5.41) is 2.98. The number of nitrogens with two attached hydrogens (primary N) is 1. The lowest BCUT2D eigenvalue weighted by molar-refractivity contribution is -0.120. The quantitative estimate of drug-likeness (QED) is 0.788. The van der Waals surface area contributed by atoms with E-state index in [1.54, 1.807) is 0 Å². The van der Waals surface area contributed by atoms with Crippen LogP contribution in [0.1, 0.15) is 18.4 Å². The average molecular weight is 425 g/mol. The van der Waals surface area contributed by atoms with Gasteiger partial charge in [-0.2, -0.15) is 0 Å². The highest BCUT2D eigenvalue weighted by Gasteiger charge is 2.35. The lowest BCUT2D eigenvalue weighted by Crippen LogP contribution is -2.41. The van der Waals surface area contributed by atoms with Crippen LogP contribution in [-0.4, -0.2) is 36.0 Å². The molecule has 1 amide bonds. The van der Waals surface area contributed by atoms with Gasteiger partial charge in [-0.3, -0.25) is 9.69 Å². The molecule has 134 valence electrons. The molecular formula is C19H23BrClN3O. The third-order valence-electron chi connectivity index (χ3n) is 4.64. The van der Waals surface area contributed by atoms with Crippen LogP contribution in [0.3, 0.4) is 0 Å². The normalized spacial score (nSPS) is 21.4. The third-order valence-corrected chi connectivity index (χ3v) is 5.13. The van der Waals surface area contributed by atoms with Crippen molar-refractivity contribution in [2.24, 2.45) is 5.73 Å². The van der Waals surface area contributed by atoms with Crippen molar-refractivity contribution in [1.29, 1.82) is 0 Å². The van der Waals surface area contributed by atoms with Gasteiger partial charge in [0.05, 0.1) is 6.04 Å². The molecule has 1 fully saturated rings. The Labute approximate surface area is 163 Å². The van der Waals surface area contributed by atoms with E-state index in [-0.39, 0.29) is 36.3 Å². The maximum absolute atomic E-state index is 12.6. The molecule has 2 aromatic carbocycles. The Morgan fingerprint density at radius 3 is 2.60 bits per heavy atom. The fourth-order valence-corrected chi connectivity index (χ4v) is 3.61. The van der Waals surface area contributed by atoms with Crippen molar-refractivity contribution in [2.75, 3.05) is 18.4 Å². The van der Waals surface area contributed by atoms with E-state index >= 15 is 0 Å². The molecule has 25 heavy (non-hydrogen) atoms. The molecule has 0 aliphatic carbocycles. The number of benzene rings is 2. The first-order valence-corrected chi connectivity index (χ1v) is 8.95. The van der Waals surface area contributed by atoms with Crippen LogP contribution in [0.5, 0.6) is 0 Å². The van der Waals surface area contributed by atoms with Gasteiger partial charge in [-0.1, -0.05) is 52.3 Å². The molecule has 4 nitrogen and oxygen atoms in total. The molecule has 6 heteroatoms. The number of rotatable bonds is 4. The second-order valence-electron chi connectivity index (χ2n) is 6.31. The summed E-state index contributed by atoms with van der Waals surface area (Å²) in [4.78, 5) is 14.7. The first kappa shape index (κ1) is 19.9. The molecule has 3 N–H and O–H groups in total. The standard InChI is InChI=1S/C19H22BrN3O.ClH/c1-13(19(24)22-16-9-5-8-15(20)10-16)23-11-17(18(21)12-23)14-6-3-2-4-7-14;/h2-10,13,17-18H,11-12,21H2,1H3,(H,22,24);1H/t13?,17-,18+;/m0./s1. The summed E-state index contributed by atoms with van der Waals surface area (Å²) in [5.74, 6) is 0.265. The molecule has 0 radical (unpaired) electrons. The van der Waals surface area contributed by atoms with E-state index in [1.165, 1.54) is 5.56 Å². The van der Waals surface area contributed by atoms with Gasteiger partial charge in [-0.05, 0) is 30.7 Å². The molecule has 1 aliphatic rings. The number of carbonyl (C=O) groups excluding carboxylic acids is 1. The smallest absolute Gasteiger partial charge is 0.241 e. The highest BCUT2D eigenvalue weighted by atomic mass is 79.9. The summed E-state index contributed by atoms with van der Waals surface area (Å²) in [6.45, 7) is 3.47. The maximum Gasteiger partial charge on any atom is 0.241 e. The highest BCUT2D eigenvalue weighted by molar-refractivity contribution is 9.10. The molecule has 1 unspecified atom stereocenters. The Kier molecular flexibility index (Phi) is 7.02. The zero-order valence-electron chi connectivity index (χ0n) is 14.1. The average Bonchev–Trinajstić information content (AvgIpc) is 2.96. The first-order chi connectivity index (χ1) is 11.5. The summed E-state index contributed by atoms with van der Waals surface area (Å²) in [5.41, 5.74) is 8.37. The number of carbonyl (C=O) groups is 1. The van der Waals surface area contributed by atoms with Gasteiger partial charge in [0.25, 0.3) is 0 Å². The van der Waals surface area contributed by atoms with Crippen molar-refractivity contribution >= 4 is 39.9 Å². The predicted octanol–water partition coefficient (Wildman–Crippen LogP) is 3.62. The van der Waals surface area contributed by atoms with Gasteiger partial charge in [0, 0.05) is 35.2 Å². The number of amides is 1. The minimum absolute atomic E-state index is 0. The fraction of sp³-hybridized carbons (Fsp3) is 0.316. The van der Waals surface area contributed by atoms with Gasteiger partial charge >= 0.3 is 0 Å². The van der Waals surface area contributed by atoms with Crippen LogP contribution in [0.4, 0.5) is 5.69 Å². The summed E-state index contributed by atoms with van der Waals surface area (Å²) in [7, 11) is 0.